The third-order valence-corrected chi connectivity index (χ3v) is 6.15. The summed E-state index contributed by atoms with van der Waals surface area (Å²) in [6.45, 7) is 4.51. The summed E-state index contributed by atoms with van der Waals surface area (Å²) in [5.74, 6) is 0. The average molecular weight is 274 g/mol. The molecule has 0 aliphatic heterocycles. The number of hydrogen-bond acceptors (Lipinski definition) is 2. The molecule has 0 unspecified atom stereocenters. The van der Waals surface area contributed by atoms with Crippen molar-refractivity contribution < 1.29 is 0 Å². The number of allylic oxidation sites excluding steroid dienone is 2. The topological polar surface area (TPSA) is 0 Å². The summed E-state index contributed by atoms with van der Waals surface area (Å²) < 4.78 is 0. The molecular weight excluding hydrogens is 256 g/mol. The van der Waals surface area contributed by atoms with Crippen LogP contribution < -0.4 is 0 Å². The van der Waals surface area contributed by atoms with Crippen molar-refractivity contribution >= 4 is 22.7 Å². The summed E-state index contributed by atoms with van der Waals surface area (Å²) in [5, 5.41) is 4.65. The predicted octanol–water partition coefficient (Wildman–Crippen LogP) is 5.53. The highest BCUT2D eigenvalue weighted by molar-refractivity contribution is 7.20. The zero-order valence-electron chi connectivity index (χ0n) is 11.0. The van der Waals surface area contributed by atoms with Gasteiger partial charge >= 0.3 is 0 Å². The van der Waals surface area contributed by atoms with Crippen molar-refractivity contribution in [3.05, 3.63) is 45.2 Å². The Morgan fingerprint density at radius 1 is 0.778 bits per heavy atom. The number of hydrogen-bond donors (Lipinski definition) is 0. The van der Waals surface area contributed by atoms with Gasteiger partial charge in [-0.15, -0.1) is 22.7 Å². The number of fused-ring (bicyclic) bond motifs is 3. The fraction of sp³-hybridized carbons (Fsp3) is 0.375. The van der Waals surface area contributed by atoms with Gasteiger partial charge in [0, 0.05) is 9.75 Å². The highest BCUT2D eigenvalue weighted by Crippen LogP contribution is 2.41. The molecule has 2 aromatic rings. The molecule has 0 saturated carbocycles. The lowest BCUT2D eigenvalue weighted by atomic mass is 9.99. The first-order valence-corrected chi connectivity index (χ1v) is 8.32. The predicted molar refractivity (Wildman–Crippen MR) is 82.9 cm³/mol. The Bertz CT molecular complexity index is 532. The molecule has 2 aromatic heterocycles. The van der Waals surface area contributed by atoms with E-state index in [9.17, 15) is 0 Å². The Hall–Kier alpha value is -0.860. The highest BCUT2D eigenvalue weighted by Gasteiger charge is 2.17. The van der Waals surface area contributed by atoms with Gasteiger partial charge in [-0.2, -0.15) is 0 Å². The SMILES string of the molecule is Cc1csc2c1CC/C=C/CCc1c(C)csc1-2. The van der Waals surface area contributed by atoms with E-state index >= 15 is 0 Å². The lowest BCUT2D eigenvalue weighted by molar-refractivity contribution is 0.949. The van der Waals surface area contributed by atoms with Crippen LogP contribution in [0.3, 0.4) is 0 Å². The molecule has 0 nitrogen and oxygen atoms in total. The quantitative estimate of drug-likeness (QED) is 0.554. The first kappa shape index (κ1) is 12.2. The molecule has 2 heterocycles. The minimum Gasteiger partial charge on any atom is -0.142 e. The summed E-state index contributed by atoms with van der Waals surface area (Å²) in [4.78, 5) is 3.08. The van der Waals surface area contributed by atoms with Crippen molar-refractivity contribution in [2.45, 2.75) is 39.5 Å². The average Bonchev–Trinajstić information content (AvgIpc) is 2.90. The maximum absolute atomic E-state index is 2.35. The summed E-state index contributed by atoms with van der Waals surface area (Å²) >= 11 is 3.87. The Labute approximate surface area is 117 Å². The molecule has 0 N–H and O–H groups in total. The fourth-order valence-electron chi connectivity index (χ4n) is 2.63. The first-order chi connectivity index (χ1) is 8.77. The molecule has 18 heavy (non-hydrogen) atoms. The zero-order chi connectivity index (χ0) is 12.5. The zero-order valence-corrected chi connectivity index (χ0v) is 12.6. The van der Waals surface area contributed by atoms with E-state index in [1.165, 1.54) is 46.6 Å². The lowest BCUT2D eigenvalue weighted by Crippen LogP contribution is -1.92. The normalized spacial score (nSPS) is 17.0. The van der Waals surface area contributed by atoms with Gasteiger partial charge in [0.15, 0.2) is 0 Å². The smallest absolute Gasteiger partial charge is 0.0480 e. The van der Waals surface area contributed by atoms with Crippen molar-refractivity contribution in [3.63, 3.8) is 0 Å². The van der Waals surface area contributed by atoms with Crippen LogP contribution in [0.2, 0.25) is 0 Å². The monoisotopic (exact) mass is 274 g/mol. The van der Waals surface area contributed by atoms with Crippen molar-refractivity contribution in [3.8, 4) is 9.75 Å². The van der Waals surface area contributed by atoms with Crippen LogP contribution in [-0.2, 0) is 12.8 Å². The highest BCUT2D eigenvalue weighted by atomic mass is 32.1. The second-order valence-electron chi connectivity index (χ2n) is 5.00. The molecule has 0 aromatic carbocycles. The third kappa shape index (κ3) is 2.08. The van der Waals surface area contributed by atoms with Gasteiger partial charge in [0.2, 0.25) is 0 Å². The Morgan fingerprint density at radius 3 is 1.67 bits per heavy atom. The molecule has 1 aliphatic rings. The van der Waals surface area contributed by atoms with E-state index in [1.54, 1.807) is 11.1 Å². The number of rotatable bonds is 0. The minimum absolute atomic E-state index is 1.18. The molecule has 0 saturated heterocycles. The van der Waals surface area contributed by atoms with Gasteiger partial charge in [-0.3, -0.25) is 0 Å². The van der Waals surface area contributed by atoms with E-state index in [2.05, 4.69) is 36.8 Å². The van der Waals surface area contributed by atoms with Crippen LogP contribution in [0.25, 0.3) is 9.75 Å². The van der Waals surface area contributed by atoms with E-state index in [-0.39, 0.29) is 0 Å². The molecule has 0 fully saturated rings. The maximum atomic E-state index is 2.35. The molecule has 0 spiro atoms. The lowest BCUT2D eigenvalue weighted by Gasteiger charge is -2.08. The molecule has 0 bridgehead atoms. The van der Waals surface area contributed by atoms with Crippen LogP contribution in [0.15, 0.2) is 22.9 Å². The van der Waals surface area contributed by atoms with Crippen LogP contribution in [0, 0.1) is 13.8 Å². The van der Waals surface area contributed by atoms with Gasteiger partial charge in [-0.25, -0.2) is 0 Å². The molecule has 0 radical (unpaired) electrons. The van der Waals surface area contributed by atoms with E-state index in [4.69, 9.17) is 0 Å². The molecule has 3 rings (SSSR count). The van der Waals surface area contributed by atoms with E-state index in [0.717, 1.165) is 0 Å². The van der Waals surface area contributed by atoms with Crippen LogP contribution in [0.4, 0.5) is 0 Å². The molecular formula is C16H18S2. The van der Waals surface area contributed by atoms with Gasteiger partial charge in [0.05, 0.1) is 0 Å². The summed E-state index contributed by atoms with van der Waals surface area (Å²) in [6, 6.07) is 0. The molecule has 0 amide bonds. The molecule has 1 aliphatic carbocycles. The van der Waals surface area contributed by atoms with Gasteiger partial charge in [0.25, 0.3) is 0 Å². The minimum atomic E-state index is 1.18. The third-order valence-electron chi connectivity index (χ3n) is 3.70. The fourth-order valence-corrected chi connectivity index (χ4v) is 5.06. The number of thiophene rings is 2. The Kier molecular flexibility index (Phi) is 3.40. The van der Waals surface area contributed by atoms with Gasteiger partial charge in [0.1, 0.15) is 0 Å². The molecule has 0 atom stereocenters. The van der Waals surface area contributed by atoms with E-state index in [1.807, 2.05) is 22.7 Å². The second-order valence-corrected chi connectivity index (χ2v) is 6.76. The summed E-state index contributed by atoms with van der Waals surface area (Å²) in [6.07, 6.45) is 9.46. The standard InChI is InChI=1S/C16H18S2/c1-11-9-17-15-13(11)7-5-3-4-6-8-14-12(2)10-18-16(14)15/h3-4,9-10H,5-8H2,1-2H3/b4-3+. The van der Waals surface area contributed by atoms with Crippen LogP contribution in [0.5, 0.6) is 0 Å². The Morgan fingerprint density at radius 2 is 1.22 bits per heavy atom. The van der Waals surface area contributed by atoms with Crippen molar-refractivity contribution in [1.82, 2.24) is 0 Å². The number of aryl methyl sites for hydroxylation is 2. The van der Waals surface area contributed by atoms with Crippen molar-refractivity contribution in [2.24, 2.45) is 0 Å². The van der Waals surface area contributed by atoms with Gasteiger partial charge in [-0.05, 0) is 72.5 Å². The van der Waals surface area contributed by atoms with Gasteiger partial charge in [-0.1, -0.05) is 12.2 Å². The maximum Gasteiger partial charge on any atom is 0.0480 e. The van der Waals surface area contributed by atoms with Crippen LogP contribution in [0.1, 0.15) is 35.1 Å². The van der Waals surface area contributed by atoms with E-state index in [0.29, 0.717) is 0 Å². The van der Waals surface area contributed by atoms with E-state index < -0.39 is 0 Å². The molecule has 2 heteroatoms. The van der Waals surface area contributed by atoms with Crippen LogP contribution in [-0.4, -0.2) is 0 Å². The van der Waals surface area contributed by atoms with Crippen molar-refractivity contribution in [1.29, 1.82) is 0 Å². The van der Waals surface area contributed by atoms with Crippen molar-refractivity contribution in [2.75, 3.05) is 0 Å². The summed E-state index contributed by atoms with van der Waals surface area (Å²) in [7, 11) is 0. The largest absolute Gasteiger partial charge is 0.142 e. The molecule has 94 valence electrons. The second kappa shape index (κ2) is 5.02. The van der Waals surface area contributed by atoms with Crippen LogP contribution >= 0.6 is 22.7 Å². The Balaban J connectivity index is 2.17. The van der Waals surface area contributed by atoms with Gasteiger partial charge < -0.3 is 0 Å². The first-order valence-electron chi connectivity index (χ1n) is 6.56. The summed E-state index contributed by atoms with van der Waals surface area (Å²) in [5.41, 5.74) is 6.10.